The molecule has 4 nitrogen and oxygen atoms in total. The van der Waals surface area contributed by atoms with E-state index in [1.54, 1.807) is 4.90 Å². The Kier molecular flexibility index (Phi) is 4.67. The highest BCUT2D eigenvalue weighted by Crippen LogP contribution is 2.30. The third-order valence-corrected chi connectivity index (χ3v) is 5.21. The Morgan fingerprint density at radius 3 is 2.80 bits per heavy atom. The molecule has 0 radical (unpaired) electrons. The van der Waals surface area contributed by atoms with Crippen molar-refractivity contribution in [2.45, 2.75) is 26.7 Å². The maximum absolute atomic E-state index is 12.1. The van der Waals surface area contributed by atoms with Crippen LogP contribution in [0.25, 0.3) is 0 Å². The van der Waals surface area contributed by atoms with Gasteiger partial charge in [0, 0.05) is 22.2 Å². The summed E-state index contributed by atoms with van der Waals surface area (Å²) in [6.07, 6.45) is 1.16. The Labute approximate surface area is 132 Å². The van der Waals surface area contributed by atoms with Gasteiger partial charge in [0.15, 0.2) is 0 Å². The Balaban J connectivity index is 2.31. The lowest BCUT2D eigenvalue weighted by atomic mass is 10.1. The number of esters is 1. The predicted molar refractivity (Wildman–Crippen MR) is 85.8 cm³/mol. The monoisotopic (exact) mass is 387 g/mol. The van der Waals surface area contributed by atoms with Gasteiger partial charge in [-0.25, -0.2) is 0 Å². The molecule has 1 aromatic carbocycles. The van der Waals surface area contributed by atoms with Crippen LogP contribution in [0.4, 0.5) is 5.69 Å². The minimum Gasteiger partial charge on any atom is -0.469 e. The van der Waals surface area contributed by atoms with Gasteiger partial charge in [0.1, 0.15) is 0 Å². The summed E-state index contributed by atoms with van der Waals surface area (Å²) >= 11 is 2.33. The second-order valence-corrected chi connectivity index (χ2v) is 6.10. The molecule has 0 bridgehead atoms. The van der Waals surface area contributed by atoms with Crippen molar-refractivity contribution in [3.63, 3.8) is 0 Å². The molecule has 1 heterocycles. The number of amides is 1. The van der Waals surface area contributed by atoms with Crippen molar-refractivity contribution in [1.82, 2.24) is 0 Å². The van der Waals surface area contributed by atoms with Gasteiger partial charge in [-0.05, 0) is 59.2 Å². The predicted octanol–water partition coefficient (Wildman–Crippen LogP) is 2.69. The van der Waals surface area contributed by atoms with Crippen molar-refractivity contribution in [1.29, 1.82) is 0 Å². The molecule has 5 heteroatoms. The van der Waals surface area contributed by atoms with Gasteiger partial charge in [-0.1, -0.05) is 6.92 Å². The van der Waals surface area contributed by atoms with E-state index in [1.807, 2.05) is 19.1 Å². The molecular formula is C15H18INO3. The van der Waals surface area contributed by atoms with Crippen LogP contribution in [-0.2, 0) is 20.7 Å². The number of anilines is 1. The topological polar surface area (TPSA) is 46.6 Å². The highest BCUT2D eigenvalue weighted by Gasteiger charge is 2.36. The van der Waals surface area contributed by atoms with Gasteiger partial charge >= 0.3 is 5.97 Å². The van der Waals surface area contributed by atoms with Crippen molar-refractivity contribution in [2.24, 2.45) is 5.92 Å². The van der Waals surface area contributed by atoms with Gasteiger partial charge in [-0.3, -0.25) is 9.59 Å². The summed E-state index contributed by atoms with van der Waals surface area (Å²) in [5.74, 6) is -0.668. The molecular weight excluding hydrogens is 369 g/mol. The molecule has 108 valence electrons. The minimum absolute atomic E-state index is 0.0111. The van der Waals surface area contributed by atoms with E-state index in [9.17, 15) is 9.59 Å². The van der Waals surface area contributed by atoms with E-state index < -0.39 is 0 Å². The number of carbonyl (C=O) groups is 2. The van der Waals surface area contributed by atoms with Crippen molar-refractivity contribution in [2.75, 3.05) is 18.6 Å². The summed E-state index contributed by atoms with van der Waals surface area (Å²) in [5, 5.41) is 0. The Morgan fingerprint density at radius 1 is 1.50 bits per heavy atom. The molecule has 2 rings (SSSR count). The van der Waals surface area contributed by atoms with Crippen LogP contribution in [0.5, 0.6) is 0 Å². The normalized spacial score (nSPS) is 18.5. The summed E-state index contributed by atoms with van der Waals surface area (Å²) in [5.41, 5.74) is 3.28. The molecule has 1 aliphatic rings. The summed E-state index contributed by atoms with van der Waals surface area (Å²) in [7, 11) is 1.36. The molecule has 1 saturated heterocycles. The Bertz CT molecular complexity index is 556. The quantitative estimate of drug-likeness (QED) is 0.592. The number of ether oxygens (including phenoxy) is 1. The zero-order valence-electron chi connectivity index (χ0n) is 11.9. The number of carbonyl (C=O) groups excluding carboxylic acids is 2. The van der Waals surface area contributed by atoms with E-state index in [2.05, 4.69) is 29.5 Å². The smallest absolute Gasteiger partial charge is 0.311 e. The zero-order valence-corrected chi connectivity index (χ0v) is 14.1. The molecule has 0 spiro atoms. The highest BCUT2D eigenvalue weighted by molar-refractivity contribution is 14.1. The maximum Gasteiger partial charge on any atom is 0.311 e. The SMILES string of the molecule is CCc1cc(N2C[C@H](C(=O)OC)CC2=O)cc(C)c1I. The highest BCUT2D eigenvalue weighted by atomic mass is 127. The van der Waals surface area contributed by atoms with Crippen molar-refractivity contribution >= 4 is 40.2 Å². The minimum atomic E-state index is -0.350. The molecule has 1 atom stereocenters. The maximum atomic E-state index is 12.1. The molecule has 1 fully saturated rings. The zero-order chi connectivity index (χ0) is 14.9. The van der Waals surface area contributed by atoms with E-state index in [-0.39, 0.29) is 24.2 Å². The lowest BCUT2D eigenvalue weighted by Gasteiger charge is -2.19. The first-order chi connectivity index (χ1) is 9.47. The second kappa shape index (κ2) is 6.11. The number of aryl methyl sites for hydroxylation is 2. The molecule has 20 heavy (non-hydrogen) atoms. The number of methoxy groups -OCH3 is 1. The van der Waals surface area contributed by atoms with Crippen LogP contribution in [0, 0.1) is 16.4 Å². The molecule has 1 amide bonds. The Hall–Kier alpha value is -1.11. The van der Waals surface area contributed by atoms with Gasteiger partial charge in [-0.2, -0.15) is 0 Å². The van der Waals surface area contributed by atoms with Crippen molar-refractivity contribution in [3.8, 4) is 0 Å². The van der Waals surface area contributed by atoms with Crippen LogP contribution in [0.3, 0.4) is 0 Å². The van der Waals surface area contributed by atoms with Gasteiger partial charge < -0.3 is 9.64 Å². The fraction of sp³-hybridized carbons (Fsp3) is 0.467. The van der Waals surface area contributed by atoms with Crippen molar-refractivity contribution < 1.29 is 14.3 Å². The van der Waals surface area contributed by atoms with Gasteiger partial charge in [0.05, 0.1) is 13.0 Å². The van der Waals surface area contributed by atoms with Crippen LogP contribution in [-0.4, -0.2) is 25.5 Å². The molecule has 1 aliphatic heterocycles. The molecule has 0 aromatic heterocycles. The number of rotatable bonds is 3. The third-order valence-electron chi connectivity index (χ3n) is 3.67. The third kappa shape index (κ3) is 2.82. The molecule has 0 aliphatic carbocycles. The fourth-order valence-electron chi connectivity index (χ4n) is 2.52. The van der Waals surface area contributed by atoms with E-state index in [0.717, 1.165) is 17.7 Å². The van der Waals surface area contributed by atoms with Gasteiger partial charge in [0.25, 0.3) is 0 Å². The molecule has 0 saturated carbocycles. The number of benzene rings is 1. The second-order valence-electron chi connectivity index (χ2n) is 5.02. The number of nitrogens with zero attached hydrogens (tertiary/aromatic N) is 1. The number of halogens is 1. The largest absolute Gasteiger partial charge is 0.469 e. The van der Waals surface area contributed by atoms with E-state index in [0.29, 0.717) is 6.54 Å². The summed E-state index contributed by atoms with van der Waals surface area (Å²) in [6, 6.07) is 4.06. The van der Waals surface area contributed by atoms with Crippen LogP contribution in [0.15, 0.2) is 12.1 Å². The van der Waals surface area contributed by atoms with Gasteiger partial charge in [-0.15, -0.1) is 0 Å². The average molecular weight is 387 g/mol. The van der Waals surface area contributed by atoms with E-state index in [4.69, 9.17) is 4.74 Å². The molecule has 0 unspecified atom stereocenters. The standard InChI is InChI=1S/C15H18INO3/c1-4-10-6-12(5-9(2)14(10)16)17-8-11(7-13(17)18)15(19)20-3/h5-6,11H,4,7-8H2,1-3H3/t11-/m1/s1. The first kappa shape index (κ1) is 15.3. The summed E-state index contributed by atoms with van der Waals surface area (Å²) in [4.78, 5) is 25.4. The lowest BCUT2D eigenvalue weighted by Crippen LogP contribution is -2.26. The number of hydrogen-bond acceptors (Lipinski definition) is 3. The molecule has 0 N–H and O–H groups in total. The van der Waals surface area contributed by atoms with Crippen LogP contribution in [0.2, 0.25) is 0 Å². The first-order valence-corrected chi connectivity index (χ1v) is 7.73. The number of hydrogen-bond donors (Lipinski definition) is 0. The van der Waals surface area contributed by atoms with E-state index >= 15 is 0 Å². The van der Waals surface area contributed by atoms with Crippen LogP contribution >= 0.6 is 22.6 Å². The van der Waals surface area contributed by atoms with Crippen molar-refractivity contribution in [3.05, 3.63) is 26.8 Å². The van der Waals surface area contributed by atoms with Gasteiger partial charge in [0.2, 0.25) is 5.91 Å². The Morgan fingerprint density at radius 2 is 2.20 bits per heavy atom. The summed E-state index contributed by atoms with van der Waals surface area (Å²) < 4.78 is 5.98. The van der Waals surface area contributed by atoms with E-state index in [1.165, 1.54) is 16.2 Å². The first-order valence-electron chi connectivity index (χ1n) is 6.65. The van der Waals surface area contributed by atoms with Crippen LogP contribution in [0.1, 0.15) is 24.5 Å². The van der Waals surface area contributed by atoms with Crippen LogP contribution < -0.4 is 4.90 Å². The summed E-state index contributed by atoms with van der Waals surface area (Å²) in [6.45, 7) is 4.56. The average Bonchev–Trinajstić information content (AvgIpc) is 2.83. The lowest BCUT2D eigenvalue weighted by molar-refractivity contribution is -0.145. The molecule has 1 aromatic rings. The fourth-order valence-corrected chi connectivity index (χ4v) is 3.21.